The topological polar surface area (TPSA) is 184 Å². The van der Waals surface area contributed by atoms with E-state index < -0.39 is 60.2 Å². The number of likely N-dealkylation sites (tertiary alicyclic amines) is 1. The Bertz CT molecular complexity index is 1380. The zero-order valence-electron chi connectivity index (χ0n) is 35.7. The smallest absolute Gasteiger partial charge is 0.326 e. The molecule has 0 aliphatic carbocycles. The van der Waals surface area contributed by atoms with Gasteiger partial charge in [-0.1, -0.05) is 78.3 Å². The van der Waals surface area contributed by atoms with Crippen LogP contribution in [0, 0.1) is 17.8 Å². The van der Waals surface area contributed by atoms with E-state index >= 15 is 0 Å². The lowest BCUT2D eigenvalue weighted by molar-refractivity contribution is -0.148. The monoisotopic (exact) mass is 789 g/mol. The second kappa shape index (κ2) is 24.2. The number of rotatable bonds is 25. The molecule has 5 N–H and O–H groups in total. The van der Waals surface area contributed by atoms with Gasteiger partial charge in [-0.15, -0.1) is 0 Å². The lowest BCUT2D eigenvalue weighted by atomic mass is 9.90. The highest BCUT2D eigenvalue weighted by atomic mass is 16.5. The number of amides is 4. The Hall–Kier alpha value is -3.59. The molecule has 1 heterocycles. The van der Waals surface area contributed by atoms with Crippen molar-refractivity contribution in [2.45, 2.75) is 135 Å². The van der Waals surface area contributed by atoms with Gasteiger partial charge in [0.1, 0.15) is 12.1 Å². The normalized spacial score (nSPS) is 18.7. The van der Waals surface area contributed by atoms with Crippen molar-refractivity contribution in [3.05, 3.63) is 35.9 Å². The summed E-state index contributed by atoms with van der Waals surface area (Å²) in [5.74, 6) is -3.03. The van der Waals surface area contributed by atoms with Crippen LogP contribution in [0.3, 0.4) is 0 Å². The van der Waals surface area contributed by atoms with Gasteiger partial charge in [0, 0.05) is 34.2 Å². The van der Waals surface area contributed by atoms with Crippen molar-refractivity contribution in [3.8, 4) is 0 Å². The molecule has 14 nitrogen and oxygen atoms in total. The van der Waals surface area contributed by atoms with Crippen LogP contribution >= 0.6 is 0 Å². The Balaban J connectivity index is 2.23. The average Bonchev–Trinajstić information content (AvgIpc) is 3.66. The Morgan fingerprint density at radius 1 is 0.929 bits per heavy atom. The van der Waals surface area contributed by atoms with E-state index in [0.717, 1.165) is 24.8 Å². The standard InChI is InChI=1S/C42H72N6O8/c1-11-28(5)37(47(8)41(52)31(12-2)44-40(51)36(27(3)4)46(7)23-17-16-22-43)34(55-9)26-35(49)48-24-18-21-33(48)38(56-10)29(6)39(50)45-32(42(53)54)25-30-19-14-13-15-20-30/h13-15,19-20,27-29,31-34,36-38H,11-12,16-18,21-26,43H2,1-10H3,(H,44,51)(H,45,50)(H,53,54). The molecule has 56 heavy (non-hydrogen) atoms. The van der Waals surface area contributed by atoms with Crippen LogP contribution in [-0.2, 0) is 39.9 Å². The fraction of sp³-hybridized carbons (Fsp3) is 0.738. The summed E-state index contributed by atoms with van der Waals surface area (Å²) in [6.07, 6.45) is 2.93. The minimum atomic E-state index is -1.14. The van der Waals surface area contributed by atoms with Crippen LogP contribution in [0.1, 0.15) is 92.1 Å². The molecule has 4 amide bonds. The minimum Gasteiger partial charge on any atom is -0.480 e. The maximum absolute atomic E-state index is 14.2. The average molecular weight is 789 g/mol. The number of nitrogens with two attached hydrogens (primary N) is 1. The molecule has 1 saturated heterocycles. The first kappa shape index (κ1) is 48.6. The lowest BCUT2D eigenvalue weighted by Gasteiger charge is -2.40. The number of nitrogens with one attached hydrogen (secondary N) is 2. The third kappa shape index (κ3) is 13.5. The summed E-state index contributed by atoms with van der Waals surface area (Å²) in [5, 5.41) is 15.6. The molecule has 0 aromatic heterocycles. The summed E-state index contributed by atoms with van der Waals surface area (Å²) in [6.45, 7) is 13.4. The first-order chi connectivity index (χ1) is 26.6. The summed E-state index contributed by atoms with van der Waals surface area (Å²) < 4.78 is 11.9. The number of aliphatic carboxylic acids is 1. The molecule has 0 bridgehead atoms. The van der Waals surface area contributed by atoms with Gasteiger partial charge in [-0.2, -0.15) is 0 Å². The van der Waals surface area contributed by atoms with Crippen molar-refractivity contribution >= 4 is 29.6 Å². The number of hydrogen-bond donors (Lipinski definition) is 4. The van der Waals surface area contributed by atoms with Gasteiger partial charge in [0.2, 0.25) is 23.6 Å². The van der Waals surface area contributed by atoms with Gasteiger partial charge in [0.05, 0.1) is 42.7 Å². The Kier molecular flexibility index (Phi) is 21.0. The van der Waals surface area contributed by atoms with Gasteiger partial charge in [0.25, 0.3) is 0 Å². The number of carboxylic acid groups (broad SMARTS) is 1. The predicted molar refractivity (Wildman–Crippen MR) is 218 cm³/mol. The number of nitrogens with zero attached hydrogens (tertiary/aromatic N) is 3. The number of carbonyl (C=O) groups is 5. The zero-order chi connectivity index (χ0) is 42.1. The highest BCUT2D eigenvalue weighted by molar-refractivity contribution is 5.90. The van der Waals surface area contributed by atoms with Crippen molar-refractivity contribution in [1.29, 1.82) is 0 Å². The van der Waals surface area contributed by atoms with E-state index in [-0.39, 0.29) is 42.4 Å². The number of methoxy groups -OCH3 is 2. The maximum Gasteiger partial charge on any atom is 0.326 e. The highest BCUT2D eigenvalue weighted by Gasteiger charge is 2.43. The molecule has 0 saturated carbocycles. The summed E-state index contributed by atoms with van der Waals surface area (Å²) in [6, 6.07) is 5.89. The van der Waals surface area contributed by atoms with E-state index in [9.17, 15) is 29.1 Å². The van der Waals surface area contributed by atoms with Crippen LogP contribution in [0.15, 0.2) is 30.3 Å². The molecule has 0 spiro atoms. The minimum absolute atomic E-state index is 0.0129. The Labute approximate surface area is 335 Å². The number of carbonyl (C=O) groups excluding carboxylic acids is 4. The van der Waals surface area contributed by atoms with Gasteiger partial charge in [-0.25, -0.2) is 4.79 Å². The SMILES string of the molecule is CCC(NC(=O)C(C(C)C)N(C)CCCCN)C(=O)N(C)C(C(C)CC)C(CC(=O)N1CCCC1C(OC)C(C)C(=O)NC(Cc1ccccc1)C(=O)O)OC. The van der Waals surface area contributed by atoms with E-state index in [2.05, 4.69) is 10.6 Å². The van der Waals surface area contributed by atoms with Crippen LogP contribution in [0.2, 0.25) is 0 Å². The molecule has 1 aliphatic rings. The number of carboxylic acids is 1. The number of benzene rings is 1. The molecule has 2 rings (SSSR count). The molecule has 1 aromatic carbocycles. The van der Waals surface area contributed by atoms with Gasteiger partial charge in [0.15, 0.2) is 0 Å². The lowest BCUT2D eigenvalue weighted by Crippen LogP contribution is -2.58. The van der Waals surface area contributed by atoms with Gasteiger partial charge < -0.3 is 40.7 Å². The molecule has 318 valence electrons. The van der Waals surface area contributed by atoms with E-state index in [0.29, 0.717) is 38.9 Å². The summed E-state index contributed by atoms with van der Waals surface area (Å²) >= 11 is 0. The van der Waals surface area contributed by atoms with Crippen molar-refractivity contribution in [3.63, 3.8) is 0 Å². The Morgan fingerprint density at radius 2 is 1.57 bits per heavy atom. The zero-order valence-corrected chi connectivity index (χ0v) is 35.7. The number of likely N-dealkylation sites (N-methyl/N-ethyl adjacent to an activating group) is 2. The van der Waals surface area contributed by atoms with Gasteiger partial charge >= 0.3 is 5.97 Å². The quantitative estimate of drug-likeness (QED) is 0.107. The van der Waals surface area contributed by atoms with Crippen LogP contribution in [0.5, 0.6) is 0 Å². The summed E-state index contributed by atoms with van der Waals surface area (Å²) in [4.78, 5) is 73.1. The van der Waals surface area contributed by atoms with Crippen molar-refractivity contribution in [2.24, 2.45) is 23.5 Å². The van der Waals surface area contributed by atoms with Crippen LogP contribution in [0.4, 0.5) is 0 Å². The van der Waals surface area contributed by atoms with E-state index in [4.69, 9.17) is 15.2 Å². The van der Waals surface area contributed by atoms with Gasteiger partial charge in [-0.05, 0) is 69.6 Å². The molecule has 9 atom stereocenters. The molecular formula is C42H72N6O8. The predicted octanol–water partition coefficient (Wildman–Crippen LogP) is 3.31. The van der Waals surface area contributed by atoms with Crippen molar-refractivity contribution < 1.29 is 38.6 Å². The van der Waals surface area contributed by atoms with Crippen LogP contribution in [-0.4, -0.2) is 140 Å². The molecule has 1 aliphatic heterocycles. The number of ether oxygens (including phenoxy) is 2. The fourth-order valence-electron chi connectivity index (χ4n) is 8.16. The van der Waals surface area contributed by atoms with E-state index in [1.54, 1.807) is 30.9 Å². The van der Waals surface area contributed by atoms with Crippen LogP contribution < -0.4 is 16.4 Å². The van der Waals surface area contributed by atoms with Crippen molar-refractivity contribution in [1.82, 2.24) is 25.3 Å². The molecule has 14 heteroatoms. The molecule has 1 fully saturated rings. The molecule has 1 aromatic rings. The van der Waals surface area contributed by atoms with E-state index in [1.807, 2.05) is 76.9 Å². The first-order valence-electron chi connectivity index (χ1n) is 20.5. The van der Waals surface area contributed by atoms with E-state index in [1.165, 1.54) is 7.11 Å². The third-order valence-corrected chi connectivity index (χ3v) is 11.5. The second-order valence-corrected chi connectivity index (χ2v) is 15.8. The molecular weight excluding hydrogens is 716 g/mol. The Morgan fingerprint density at radius 3 is 2.11 bits per heavy atom. The maximum atomic E-state index is 14.2. The number of hydrogen-bond acceptors (Lipinski definition) is 9. The van der Waals surface area contributed by atoms with Crippen LogP contribution in [0.25, 0.3) is 0 Å². The summed E-state index contributed by atoms with van der Waals surface area (Å²) in [5.41, 5.74) is 6.47. The fourth-order valence-corrected chi connectivity index (χ4v) is 8.16. The molecule has 0 radical (unpaired) electrons. The first-order valence-corrected chi connectivity index (χ1v) is 20.5. The van der Waals surface area contributed by atoms with Crippen molar-refractivity contribution in [2.75, 3.05) is 47.9 Å². The second-order valence-electron chi connectivity index (χ2n) is 15.8. The summed E-state index contributed by atoms with van der Waals surface area (Å²) in [7, 11) is 6.67. The largest absolute Gasteiger partial charge is 0.480 e. The highest BCUT2D eigenvalue weighted by Crippen LogP contribution is 2.29. The number of unbranched alkanes of at least 4 members (excludes halogenated alkanes) is 1. The third-order valence-electron chi connectivity index (χ3n) is 11.5. The van der Waals surface area contributed by atoms with Gasteiger partial charge in [-0.3, -0.25) is 24.1 Å². The molecule has 9 unspecified atom stereocenters.